The van der Waals surface area contributed by atoms with Crippen molar-refractivity contribution in [1.82, 2.24) is 14.6 Å². The first-order valence-corrected chi connectivity index (χ1v) is 10.5. The van der Waals surface area contributed by atoms with Crippen LogP contribution in [0.5, 0.6) is 5.75 Å². The summed E-state index contributed by atoms with van der Waals surface area (Å²) in [7, 11) is -4.66. The molecule has 1 aromatic heterocycles. The van der Waals surface area contributed by atoms with Gasteiger partial charge in [-0.15, -0.1) is 0 Å². The molecule has 14 heteroatoms. The molecule has 172 valence electrons. The Hall–Kier alpha value is -2.81. The molecule has 1 aliphatic heterocycles. The lowest BCUT2D eigenvalue weighted by Crippen LogP contribution is -2.48. The molecule has 1 fully saturated rings. The monoisotopic (exact) mass is 477 g/mol. The van der Waals surface area contributed by atoms with Crippen molar-refractivity contribution in [2.24, 2.45) is 0 Å². The fraction of sp³-hybridized carbons (Fsp3) is 0.333. The Morgan fingerprint density at radius 3 is 2.56 bits per heavy atom. The van der Waals surface area contributed by atoms with Crippen molar-refractivity contribution in [2.75, 3.05) is 19.7 Å². The molecule has 2 atom stereocenters. The maximum Gasteiger partial charge on any atom is 0.416 e. The highest BCUT2D eigenvalue weighted by Gasteiger charge is 2.51. The molecule has 0 amide bonds. The maximum absolute atomic E-state index is 14.3. The van der Waals surface area contributed by atoms with E-state index in [0.29, 0.717) is 27.5 Å². The number of alkyl halides is 3. The first kappa shape index (κ1) is 22.4. The molecule has 0 aliphatic carbocycles. The van der Waals surface area contributed by atoms with Crippen LogP contribution in [0, 0.1) is 5.82 Å². The number of aliphatic hydroxyl groups excluding tert-OH is 1. The zero-order chi connectivity index (χ0) is 23.3. The summed E-state index contributed by atoms with van der Waals surface area (Å²) in [5.41, 5.74) is -2.67. The Kier molecular flexibility index (Phi) is 5.35. The number of sulfonamides is 1. The van der Waals surface area contributed by atoms with Crippen molar-refractivity contribution in [3.63, 3.8) is 0 Å². The number of benzene rings is 2. The van der Waals surface area contributed by atoms with Crippen LogP contribution < -0.4 is 4.74 Å². The van der Waals surface area contributed by atoms with Gasteiger partial charge in [-0.05, 0) is 40.6 Å². The van der Waals surface area contributed by atoms with Gasteiger partial charge in [-0.1, -0.05) is 0 Å². The van der Waals surface area contributed by atoms with Crippen molar-refractivity contribution < 1.29 is 45.6 Å². The molecule has 1 aliphatic rings. The molecule has 0 spiro atoms. The van der Waals surface area contributed by atoms with Crippen LogP contribution in [0.2, 0.25) is 0 Å². The van der Waals surface area contributed by atoms with Crippen LogP contribution in [0.4, 0.5) is 17.6 Å². The van der Waals surface area contributed by atoms with Gasteiger partial charge < -0.3 is 14.9 Å². The topological polar surface area (TPSA) is 126 Å². The first-order chi connectivity index (χ1) is 14.9. The minimum atomic E-state index is -4.85. The molecule has 2 heterocycles. The van der Waals surface area contributed by atoms with E-state index in [0.717, 1.165) is 0 Å². The van der Waals surface area contributed by atoms with E-state index in [-0.39, 0.29) is 11.8 Å². The number of fused-ring (bicyclic) bond motifs is 1. The zero-order valence-corrected chi connectivity index (χ0v) is 16.8. The zero-order valence-electron chi connectivity index (χ0n) is 16.0. The van der Waals surface area contributed by atoms with Crippen LogP contribution in [0.1, 0.15) is 5.56 Å². The molecule has 32 heavy (non-hydrogen) atoms. The summed E-state index contributed by atoms with van der Waals surface area (Å²) in [6, 6.07) is 5.40. The van der Waals surface area contributed by atoms with Gasteiger partial charge in [-0.3, -0.25) is 0 Å². The SMILES string of the molecule is O=S(=O)(c1ccc(C(F)(F)F)cc1F)N1C[C@H](Oc2ccc3nonc3c2)[C@](O)(CO)C1. The number of nitrogens with zero attached hydrogens (tertiary/aromatic N) is 3. The van der Waals surface area contributed by atoms with Gasteiger partial charge in [0.2, 0.25) is 10.0 Å². The number of rotatable bonds is 5. The lowest BCUT2D eigenvalue weighted by molar-refractivity contribution is -0.137. The Morgan fingerprint density at radius 2 is 1.91 bits per heavy atom. The molecule has 1 saturated heterocycles. The van der Waals surface area contributed by atoms with Crippen molar-refractivity contribution >= 4 is 21.1 Å². The number of β-amino-alcohol motifs (C(OH)–C–C–N with tert-alkyl or cyclic N) is 1. The van der Waals surface area contributed by atoms with E-state index in [2.05, 4.69) is 14.9 Å². The highest BCUT2D eigenvalue weighted by molar-refractivity contribution is 7.89. The minimum absolute atomic E-state index is 0.0797. The summed E-state index contributed by atoms with van der Waals surface area (Å²) in [6.45, 7) is -2.08. The molecule has 0 bridgehead atoms. The standard InChI is InChI=1S/C18H15F4N3O6S/c19-12-5-10(18(20,21)22)1-4-15(12)32(28,29)25-7-16(17(27,8-25)9-26)30-11-2-3-13-14(6-11)24-31-23-13/h1-6,16,26-27H,7-9H2/t16-,17+/m0/s1. The van der Waals surface area contributed by atoms with E-state index in [9.17, 15) is 36.2 Å². The molecule has 4 rings (SSSR count). The predicted molar refractivity (Wildman–Crippen MR) is 98.4 cm³/mol. The van der Waals surface area contributed by atoms with Crippen LogP contribution in [0.25, 0.3) is 11.0 Å². The summed E-state index contributed by atoms with van der Waals surface area (Å²) >= 11 is 0. The second-order valence-electron chi connectivity index (χ2n) is 7.22. The van der Waals surface area contributed by atoms with E-state index >= 15 is 0 Å². The van der Waals surface area contributed by atoms with Crippen molar-refractivity contribution in [3.8, 4) is 5.75 Å². The predicted octanol–water partition coefficient (Wildman–Crippen LogP) is 1.56. The third-order valence-corrected chi connectivity index (χ3v) is 6.92. The van der Waals surface area contributed by atoms with Crippen LogP contribution in [-0.4, -0.2) is 64.7 Å². The summed E-state index contributed by atoms with van der Waals surface area (Å²) in [4.78, 5) is -0.999. The first-order valence-electron chi connectivity index (χ1n) is 9.03. The van der Waals surface area contributed by atoms with Gasteiger partial charge in [0.15, 0.2) is 0 Å². The van der Waals surface area contributed by atoms with Crippen molar-refractivity contribution in [2.45, 2.75) is 22.8 Å². The van der Waals surface area contributed by atoms with Crippen LogP contribution in [0.3, 0.4) is 0 Å². The summed E-state index contributed by atoms with van der Waals surface area (Å²) < 4.78 is 89.2. The maximum atomic E-state index is 14.3. The third kappa shape index (κ3) is 3.90. The van der Waals surface area contributed by atoms with Crippen LogP contribution >= 0.6 is 0 Å². The summed E-state index contributed by atoms with van der Waals surface area (Å²) in [6.07, 6.45) is -6.13. The average Bonchev–Trinajstić information content (AvgIpc) is 3.32. The third-order valence-electron chi connectivity index (χ3n) is 5.07. The van der Waals surface area contributed by atoms with Gasteiger partial charge in [-0.2, -0.15) is 17.5 Å². The van der Waals surface area contributed by atoms with Gasteiger partial charge in [0.25, 0.3) is 0 Å². The van der Waals surface area contributed by atoms with E-state index < -0.39 is 63.9 Å². The second kappa shape index (κ2) is 7.65. The van der Waals surface area contributed by atoms with Gasteiger partial charge >= 0.3 is 6.18 Å². The minimum Gasteiger partial charge on any atom is -0.486 e. The molecule has 0 unspecified atom stereocenters. The molecule has 2 N–H and O–H groups in total. The van der Waals surface area contributed by atoms with Gasteiger partial charge in [0, 0.05) is 12.6 Å². The normalized spacial score (nSPS) is 22.5. The quantitative estimate of drug-likeness (QED) is 0.531. The van der Waals surface area contributed by atoms with Crippen LogP contribution in [0.15, 0.2) is 45.9 Å². The van der Waals surface area contributed by atoms with E-state index in [4.69, 9.17) is 4.74 Å². The molecule has 2 aromatic carbocycles. The highest BCUT2D eigenvalue weighted by Crippen LogP contribution is 2.34. The number of halogens is 4. The second-order valence-corrected chi connectivity index (χ2v) is 9.13. The van der Waals surface area contributed by atoms with Crippen molar-refractivity contribution in [3.05, 3.63) is 47.8 Å². The number of aliphatic hydroxyl groups is 2. The smallest absolute Gasteiger partial charge is 0.416 e. The lowest BCUT2D eigenvalue weighted by Gasteiger charge is -2.27. The molecule has 0 saturated carbocycles. The average molecular weight is 477 g/mol. The molecular weight excluding hydrogens is 462 g/mol. The Morgan fingerprint density at radius 1 is 1.19 bits per heavy atom. The lowest BCUT2D eigenvalue weighted by atomic mass is 10.0. The van der Waals surface area contributed by atoms with Gasteiger partial charge in [0.05, 0.1) is 18.7 Å². The fourth-order valence-corrected chi connectivity index (χ4v) is 4.88. The molecule has 9 nitrogen and oxygen atoms in total. The molecule has 0 radical (unpaired) electrons. The Balaban J connectivity index is 1.61. The largest absolute Gasteiger partial charge is 0.486 e. The Labute approximate surface area is 177 Å². The fourth-order valence-electron chi connectivity index (χ4n) is 3.33. The van der Waals surface area contributed by atoms with Crippen LogP contribution in [-0.2, 0) is 16.2 Å². The molecule has 3 aromatic rings. The number of hydrogen-bond donors (Lipinski definition) is 2. The summed E-state index contributed by atoms with van der Waals surface area (Å²) in [5.74, 6) is -1.44. The molecular formula is C18H15F4N3O6S. The number of aromatic nitrogens is 2. The summed E-state index contributed by atoms with van der Waals surface area (Å²) in [5, 5.41) is 27.6. The number of ether oxygens (including phenoxy) is 1. The van der Waals surface area contributed by atoms with Gasteiger partial charge in [-0.25, -0.2) is 17.4 Å². The van der Waals surface area contributed by atoms with Gasteiger partial charge in [0.1, 0.15) is 39.2 Å². The van der Waals surface area contributed by atoms with E-state index in [1.165, 1.54) is 18.2 Å². The highest BCUT2D eigenvalue weighted by atomic mass is 32.2. The van der Waals surface area contributed by atoms with E-state index in [1.807, 2.05) is 0 Å². The Bertz CT molecular complexity index is 1270. The number of hydrogen-bond acceptors (Lipinski definition) is 8. The van der Waals surface area contributed by atoms with E-state index in [1.54, 1.807) is 0 Å². The van der Waals surface area contributed by atoms with Crippen molar-refractivity contribution in [1.29, 1.82) is 0 Å².